The summed E-state index contributed by atoms with van der Waals surface area (Å²) in [7, 11) is -3.68. The fourth-order valence-electron chi connectivity index (χ4n) is 2.69. The lowest BCUT2D eigenvalue weighted by Crippen LogP contribution is -2.44. The summed E-state index contributed by atoms with van der Waals surface area (Å²) in [6.07, 6.45) is 4.32. The van der Waals surface area contributed by atoms with Crippen LogP contribution in [-0.4, -0.2) is 21.0 Å². The molecule has 1 atom stereocenters. The Balaban J connectivity index is 0.00000220. The van der Waals surface area contributed by atoms with Crippen LogP contribution in [0.1, 0.15) is 25.7 Å². The molecule has 120 valence electrons. The minimum Gasteiger partial charge on any atom is -0.329 e. The van der Waals surface area contributed by atoms with E-state index in [0.29, 0.717) is 16.9 Å². The maximum Gasteiger partial charge on any atom is 0.243 e. The predicted octanol–water partition coefficient (Wildman–Crippen LogP) is 3.32. The summed E-state index contributed by atoms with van der Waals surface area (Å²) in [5.74, 6) is 0.316. The minimum absolute atomic E-state index is 0. The third-order valence-corrected chi connectivity index (χ3v) is 6.66. The first-order valence-corrected chi connectivity index (χ1v) is 9.27. The van der Waals surface area contributed by atoms with Crippen LogP contribution in [0.3, 0.4) is 0 Å². The van der Waals surface area contributed by atoms with Crippen LogP contribution < -0.4 is 10.5 Å². The highest BCUT2D eigenvalue weighted by molar-refractivity contribution is 9.10. The molecule has 1 fully saturated rings. The summed E-state index contributed by atoms with van der Waals surface area (Å²) in [5, 5.41) is 0.203. The van der Waals surface area contributed by atoms with E-state index in [2.05, 4.69) is 20.7 Å². The van der Waals surface area contributed by atoms with E-state index in [0.717, 1.165) is 25.7 Å². The zero-order chi connectivity index (χ0) is 14.8. The molecule has 0 amide bonds. The predicted molar refractivity (Wildman–Crippen MR) is 91.5 cm³/mol. The number of hydrogen-bond acceptors (Lipinski definition) is 3. The second kappa shape index (κ2) is 8.13. The molecule has 0 aliphatic heterocycles. The van der Waals surface area contributed by atoms with Crippen molar-refractivity contribution in [2.75, 3.05) is 6.54 Å². The van der Waals surface area contributed by atoms with Gasteiger partial charge in [0.1, 0.15) is 4.90 Å². The number of rotatable bonds is 5. The van der Waals surface area contributed by atoms with Crippen LogP contribution in [0, 0.1) is 5.92 Å². The Hall–Kier alpha value is 0.150. The molecule has 1 aromatic carbocycles. The number of sulfonamides is 1. The van der Waals surface area contributed by atoms with E-state index in [1.807, 2.05) is 0 Å². The lowest BCUT2D eigenvalue weighted by atomic mass is 9.99. The van der Waals surface area contributed by atoms with Crippen molar-refractivity contribution in [3.05, 3.63) is 27.7 Å². The van der Waals surface area contributed by atoms with Crippen LogP contribution in [0.4, 0.5) is 0 Å². The third-order valence-electron chi connectivity index (χ3n) is 3.72. The van der Waals surface area contributed by atoms with Gasteiger partial charge in [0.15, 0.2) is 0 Å². The van der Waals surface area contributed by atoms with Crippen molar-refractivity contribution in [1.29, 1.82) is 0 Å². The van der Waals surface area contributed by atoms with E-state index in [4.69, 9.17) is 17.3 Å². The number of nitrogens with one attached hydrogen (secondary N) is 1. The minimum atomic E-state index is -3.68. The lowest BCUT2D eigenvalue weighted by Gasteiger charge is -2.23. The van der Waals surface area contributed by atoms with Gasteiger partial charge in [0.25, 0.3) is 0 Å². The number of halogens is 3. The molecule has 1 aromatic rings. The van der Waals surface area contributed by atoms with E-state index in [1.54, 1.807) is 18.2 Å². The zero-order valence-corrected chi connectivity index (χ0v) is 15.4. The van der Waals surface area contributed by atoms with Gasteiger partial charge < -0.3 is 5.73 Å². The van der Waals surface area contributed by atoms with Crippen LogP contribution in [0.5, 0.6) is 0 Å². The molecule has 4 nitrogen and oxygen atoms in total. The standard InChI is InChI=1S/C13H18BrClN2O2S.ClH/c14-10-6-3-7-11(15)13(10)20(18,19)17-12(8-16)9-4-1-2-5-9;/h3,6-7,9,12,17H,1-2,4-5,8,16H2;1H. The van der Waals surface area contributed by atoms with Crippen LogP contribution in [0.25, 0.3) is 0 Å². The summed E-state index contributed by atoms with van der Waals surface area (Å²) >= 11 is 9.26. The molecule has 0 heterocycles. The Labute approximate surface area is 145 Å². The quantitative estimate of drug-likeness (QED) is 0.771. The molecule has 1 unspecified atom stereocenters. The molecular weight excluding hydrogens is 399 g/mol. The maximum atomic E-state index is 12.5. The highest BCUT2D eigenvalue weighted by Crippen LogP contribution is 2.31. The second-order valence-corrected chi connectivity index (χ2v) is 7.97. The van der Waals surface area contributed by atoms with Crippen LogP contribution in [0.15, 0.2) is 27.6 Å². The second-order valence-electron chi connectivity index (χ2n) is 5.06. The van der Waals surface area contributed by atoms with Crippen molar-refractivity contribution in [3.63, 3.8) is 0 Å². The summed E-state index contributed by atoms with van der Waals surface area (Å²) < 4.78 is 28.2. The number of nitrogens with two attached hydrogens (primary N) is 1. The molecule has 2 rings (SSSR count). The highest BCUT2D eigenvalue weighted by Gasteiger charge is 2.30. The SMILES string of the molecule is Cl.NCC(NS(=O)(=O)c1c(Cl)cccc1Br)C1CCCC1. The van der Waals surface area contributed by atoms with Gasteiger partial charge in [-0.25, -0.2) is 13.1 Å². The molecule has 3 N–H and O–H groups in total. The van der Waals surface area contributed by atoms with Crippen LogP contribution in [-0.2, 0) is 10.0 Å². The summed E-state index contributed by atoms with van der Waals surface area (Å²) in [6.45, 7) is 0.298. The summed E-state index contributed by atoms with van der Waals surface area (Å²) in [5.41, 5.74) is 5.74. The molecule has 0 saturated heterocycles. The Bertz CT molecular complexity index is 557. The number of hydrogen-bond donors (Lipinski definition) is 2. The molecule has 1 aliphatic rings. The van der Waals surface area contributed by atoms with Crippen molar-refractivity contribution < 1.29 is 8.42 Å². The van der Waals surface area contributed by atoms with E-state index in [-0.39, 0.29) is 28.4 Å². The van der Waals surface area contributed by atoms with Gasteiger partial charge >= 0.3 is 0 Å². The summed E-state index contributed by atoms with van der Waals surface area (Å²) in [4.78, 5) is 0.0816. The molecule has 1 aliphatic carbocycles. The first-order chi connectivity index (χ1) is 9.45. The fraction of sp³-hybridized carbons (Fsp3) is 0.538. The van der Waals surface area contributed by atoms with Crippen molar-refractivity contribution in [2.45, 2.75) is 36.6 Å². The van der Waals surface area contributed by atoms with Crippen molar-refractivity contribution >= 4 is 50.0 Å². The van der Waals surface area contributed by atoms with E-state index in [9.17, 15) is 8.42 Å². The average Bonchev–Trinajstić information content (AvgIpc) is 2.89. The Morgan fingerprint density at radius 1 is 1.38 bits per heavy atom. The topological polar surface area (TPSA) is 72.2 Å². The average molecular weight is 418 g/mol. The van der Waals surface area contributed by atoms with Crippen LogP contribution in [0.2, 0.25) is 5.02 Å². The smallest absolute Gasteiger partial charge is 0.243 e. The maximum absolute atomic E-state index is 12.5. The Kier molecular flexibility index (Phi) is 7.43. The van der Waals surface area contributed by atoms with Crippen molar-refractivity contribution in [1.82, 2.24) is 4.72 Å². The van der Waals surface area contributed by atoms with Gasteiger partial charge in [-0.3, -0.25) is 0 Å². The molecular formula is C13H19BrCl2N2O2S. The van der Waals surface area contributed by atoms with Gasteiger partial charge in [-0.05, 0) is 46.8 Å². The molecule has 0 radical (unpaired) electrons. The first-order valence-electron chi connectivity index (χ1n) is 6.62. The summed E-state index contributed by atoms with van der Waals surface area (Å²) in [6, 6.07) is 4.69. The van der Waals surface area contributed by atoms with Gasteiger partial charge in [-0.1, -0.05) is 30.5 Å². The normalized spacial score (nSPS) is 17.5. The number of benzene rings is 1. The molecule has 1 saturated carbocycles. The van der Waals surface area contributed by atoms with Gasteiger partial charge in [0, 0.05) is 17.1 Å². The third kappa shape index (κ3) is 4.56. The van der Waals surface area contributed by atoms with Crippen molar-refractivity contribution in [2.24, 2.45) is 11.7 Å². The monoisotopic (exact) mass is 416 g/mol. The van der Waals surface area contributed by atoms with Gasteiger partial charge in [0.05, 0.1) is 5.02 Å². The fourth-order valence-corrected chi connectivity index (χ4v) is 5.75. The Morgan fingerprint density at radius 2 is 2.00 bits per heavy atom. The largest absolute Gasteiger partial charge is 0.329 e. The van der Waals surface area contributed by atoms with Gasteiger partial charge in [0.2, 0.25) is 10.0 Å². The van der Waals surface area contributed by atoms with Gasteiger partial charge in [-0.15, -0.1) is 12.4 Å². The highest BCUT2D eigenvalue weighted by atomic mass is 79.9. The van der Waals surface area contributed by atoms with E-state index >= 15 is 0 Å². The zero-order valence-electron chi connectivity index (χ0n) is 11.4. The van der Waals surface area contributed by atoms with Crippen molar-refractivity contribution in [3.8, 4) is 0 Å². The lowest BCUT2D eigenvalue weighted by molar-refractivity contribution is 0.405. The van der Waals surface area contributed by atoms with Crippen LogP contribution >= 0.6 is 39.9 Å². The Morgan fingerprint density at radius 3 is 2.52 bits per heavy atom. The molecule has 0 spiro atoms. The molecule has 0 bridgehead atoms. The van der Waals surface area contributed by atoms with E-state index < -0.39 is 10.0 Å². The van der Waals surface area contributed by atoms with Gasteiger partial charge in [-0.2, -0.15) is 0 Å². The van der Waals surface area contributed by atoms with E-state index in [1.165, 1.54) is 0 Å². The molecule has 8 heteroatoms. The first kappa shape index (κ1) is 19.2. The molecule has 0 aromatic heterocycles. The molecule has 21 heavy (non-hydrogen) atoms.